The van der Waals surface area contributed by atoms with Gasteiger partial charge in [0, 0.05) is 10.5 Å². The van der Waals surface area contributed by atoms with Gasteiger partial charge in [0.1, 0.15) is 5.75 Å². The first-order chi connectivity index (χ1) is 12.3. The van der Waals surface area contributed by atoms with Crippen LogP contribution in [0.1, 0.15) is 5.56 Å². The van der Waals surface area contributed by atoms with Gasteiger partial charge in [-0.25, -0.2) is 0 Å². The standard InChI is InChI=1S/C19H13BrF3NO2/c20-15-8-4-13(5-9-15)12-24-17(2-1-3-18(24)25)14-6-10-16(11-7-14)26-19(21,22)23/h1-11H,12H2. The zero-order valence-corrected chi connectivity index (χ0v) is 14.9. The Morgan fingerprint density at radius 2 is 1.58 bits per heavy atom. The minimum Gasteiger partial charge on any atom is -0.406 e. The molecule has 1 aromatic heterocycles. The smallest absolute Gasteiger partial charge is 0.406 e. The van der Waals surface area contributed by atoms with E-state index in [0.29, 0.717) is 17.8 Å². The quantitative estimate of drug-likeness (QED) is 0.575. The molecule has 3 aromatic rings. The number of hydrogen-bond acceptors (Lipinski definition) is 2. The lowest BCUT2D eigenvalue weighted by atomic mass is 10.1. The molecule has 0 saturated heterocycles. The normalized spacial score (nSPS) is 11.4. The maximum Gasteiger partial charge on any atom is 0.573 e. The molecule has 0 fully saturated rings. The zero-order chi connectivity index (χ0) is 18.7. The van der Waals surface area contributed by atoms with Crippen LogP contribution in [0.4, 0.5) is 13.2 Å². The summed E-state index contributed by atoms with van der Waals surface area (Å²) in [6, 6.07) is 17.8. The van der Waals surface area contributed by atoms with Crippen LogP contribution in [0.2, 0.25) is 0 Å². The fraction of sp³-hybridized carbons (Fsp3) is 0.105. The van der Waals surface area contributed by atoms with Crippen LogP contribution in [0, 0.1) is 0 Å². The Hall–Kier alpha value is -2.54. The van der Waals surface area contributed by atoms with Crippen LogP contribution in [0.25, 0.3) is 11.3 Å². The number of nitrogens with zero attached hydrogens (tertiary/aromatic N) is 1. The number of aromatic nitrogens is 1. The summed E-state index contributed by atoms with van der Waals surface area (Å²) in [5, 5.41) is 0. The number of halogens is 4. The van der Waals surface area contributed by atoms with Crippen LogP contribution in [0.15, 0.2) is 76.0 Å². The van der Waals surface area contributed by atoms with E-state index in [9.17, 15) is 18.0 Å². The molecule has 0 N–H and O–H groups in total. The molecule has 3 rings (SSSR count). The fourth-order valence-electron chi connectivity index (χ4n) is 2.54. The minimum absolute atomic E-state index is 0.193. The van der Waals surface area contributed by atoms with Crippen molar-refractivity contribution in [2.75, 3.05) is 0 Å². The first-order valence-electron chi connectivity index (χ1n) is 7.62. The largest absolute Gasteiger partial charge is 0.573 e. The second-order valence-corrected chi connectivity index (χ2v) is 6.45. The summed E-state index contributed by atoms with van der Waals surface area (Å²) < 4.78 is 43.2. The summed E-state index contributed by atoms with van der Waals surface area (Å²) in [5.74, 6) is -0.306. The molecule has 0 bridgehead atoms. The Bertz CT molecular complexity index is 948. The number of ether oxygens (including phenoxy) is 1. The maximum atomic E-state index is 12.3. The van der Waals surface area contributed by atoms with Crippen molar-refractivity contribution < 1.29 is 17.9 Å². The summed E-state index contributed by atoms with van der Waals surface area (Å²) in [5.41, 5.74) is 1.97. The third kappa shape index (κ3) is 4.54. The maximum absolute atomic E-state index is 12.3. The van der Waals surface area contributed by atoms with Crippen LogP contribution in [-0.2, 0) is 6.54 Å². The van der Waals surface area contributed by atoms with Crippen molar-refractivity contribution in [2.45, 2.75) is 12.9 Å². The van der Waals surface area contributed by atoms with E-state index in [4.69, 9.17) is 0 Å². The summed E-state index contributed by atoms with van der Waals surface area (Å²) in [6.07, 6.45) is -4.74. The molecule has 26 heavy (non-hydrogen) atoms. The van der Waals surface area contributed by atoms with Gasteiger partial charge in [0.15, 0.2) is 0 Å². The Morgan fingerprint density at radius 1 is 0.923 bits per heavy atom. The van der Waals surface area contributed by atoms with Crippen molar-refractivity contribution in [3.63, 3.8) is 0 Å². The van der Waals surface area contributed by atoms with E-state index in [1.807, 2.05) is 24.3 Å². The average molecular weight is 424 g/mol. The van der Waals surface area contributed by atoms with Crippen molar-refractivity contribution in [1.82, 2.24) is 4.57 Å². The third-order valence-electron chi connectivity index (χ3n) is 3.69. The van der Waals surface area contributed by atoms with Crippen molar-refractivity contribution in [3.8, 4) is 17.0 Å². The van der Waals surface area contributed by atoms with Gasteiger partial charge in [0.2, 0.25) is 0 Å². The molecule has 0 radical (unpaired) electrons. The molecular formula is C19H13BrF3NO2. The fourth-order valence-corrected chi connectivity index (χ4v) is 2.80. The first kappa shape index (κ1) is 18.3. The van der Waals surface area contributed by atoms with E-state index in [1.54, 1.807) is 16.7 Å². The molecule has 134 valence electrons. The molecule has 0 saturated carbocycles. The van der Waals surface area contributed by atoms with E-state index < -0.39 is 6.36 Å². The molecular weight excluding hydrogens is 411 g/mol. The summed E-state index contributed by atoms with van der Waals surface area (Å²) in [7, 11) is 0. The Balaban J connectivity index is 1.94. The topological polar surface area (TPSA) is 31.2 Å². The van der Waals surface area contributed by atoms with Crippen LogP contribution in [0.3, 0.4) is 0 Å². The number of rotatable bonds is 4. The molecule has 0 spiro atoms. The van der Waals surface area contributed by atoms with E-state index in [2.05, 4.69) is 20.7 Å². The molecule has 2 aromatic carbocycles. The summed E-state index contributed by atoms with van der Waals surface area (Å²) >= 11 is 3.36. The van der Waals surface area contributed by atoms with Crippen LogP contribution in [0.5, 0.6) is 5.75 Å². The second kappa shape index (κ2) is 7.37. The van der Waals surface area contributed by atoms with Gasteiger partial charge in [-0.1, -0.05) is 34.1 Å². The molecule has 1 heterocycles. The molecule has 0 aliphatic heterocycles. The monoisotopic (exact) mass is 423 g/mol. The average Bonchev–Trinajstić information content (AvgIpc) is 2.58. The van der Waals surface area contributed by atoms with Gasteiger partial charge >= 0.3 is 6.36 Å². The van der Waals surface area contributed by atoms with E-state index in [0.717, 1.165) is 10.0 Å². The summed E-state index contributed by atoms with van der Waals surface area (Å²) in [4.78, 5) is 12.3. The van der Waals surface area contributed by atoms with E-state index >= 15 is 0 Å². The number of hydrogen-bond donors (Lipinski definition) is 0. The van der Waals surface area contributed by atoms with Gasteiger partial charge in [-0.05, 0) is 53.6 Å². The van der Waals surface area contributed by atoms with Gasteiger partial charge in [0.05, 0.1) is 12.2 Å². The lowest BCUT2D eigenvalue weighted by molar-refractivity contribution is -0.274. The van der Waals surface area contributed by atoms with Crippen LogP contribution >= 0.6 is 15.9 Å². The Labute approximate surface area is 155 Å². The Morgan fingerprint density at radius 3 is 2.19 bits per heavy atom. The minimum atomic E-state index is -4.74. The van der Waals surface area contributed by atoms with E-state index in [-0.39, 0.29) is 11.3 Å². The highest BCUT2D eigenvalue weighted by Gasteiger charge is 2.31. The van der Waals surface area contributed by atoms with Crippen molar-refractivity contribution in [3.05, 3.63) is 87.1 Å². The highest BCUT2D eigenvalue weighted by Crippen LogP contribution is 2.26. The predicted molar refractivity (Wildman–Crippen MR) is 96.1 cm³/mol. The molecule has 0 atom stereocenters. The highest BCUT2D eigenvalue weighted by atomic mass is 79.9. The van der Waals surface area contributed by atoms with E-state index in [1.165, 1.54) is 30.3 Å². The lowest BCUT2D eigenvalue weighted by Crippen LogP contribution is -2.21. The van der Waals surface area contributed by atoms with Crippen LogP contribution in [-0.4, -0.2) is 10.9 Å². The van der Waals surface area contributed by atoms with Gasteiger partial charge in [0.25, 0.3) is 5.56 Å². The summed E-state index contributed by atoms with van der Waals surface area (Å²) in [6.45, 7) is 0.350. The number of benzene rings is 2. The third-order valence-corrected chi connectivity index (χ3v) is 4.22. The zero-order valence-electron chi connectivity index (χ0n) is 13.3. The molecule has 0 aliphatic rings. The SMILES string of the molecule is O=c1cccc(-c2ccc(OC(F)(F)F)cc2)n1Cc1ccc(Br)cc1. The predicted octanol–water partition coefficient (Wildman–Crippen LogP) is 5.22. The van der Waals surface area contributed by atoms with Gasteiger partial charge in [-0.3, -0.25) is 4.79 Å². The Kier molecular flexibility index (Phi) is 5.18. The van der Waals surface area contributed by atoms with Crippen molar-refractivity contribution >= 4 is 15.9 Å². The van der Waals surface area contributed by atoms with Crippen molar-refractivity contribution in [2.24, 2.45) is 0 Å². The van der Waals surface area contributed by atoms with Gasteiger partial charge in [-0.2, -0.15) is 0 Å². The molecule has 0 amide bonds. The molecule has 3 nitrogen and oxygen atoms in total. The van der Waals surface area contributed by atoms with Crippen LogP contribution < -0.4 is 10.3 Å². The second-order valence-electron chi connectivity index (χ2n) is 5.53. The van der Waals surface area contributed by atoms with Crippen molar-refractivity contribution in [1.29, 1.82) is 0 Å². The molecule has 7 heteroatoms. The first-order valence-corrected chi connectivity index (χ1v) is 8.42. The van der Waals surface area contributed by atoms with Gasteiger partial charge < -0.3 is 9.30 Å². The molecule has 0 unspecified atom stereocenters. The number of pyridine rings is 1. The highest BCUT2D eigenvalue weighted by molar-refractivity contribution is 9.10. The number of alkyl halides is 3. The lowest BCUT2D eigenvalue weighted by Gasteiger charge is -2.14. The molecule has 0 aliphatic carbocycles. The van der Waals surface area contributed by atoms with Gasteiger partial charge in [-0.15, -0.1) is 13.2 Å².